The molecule has 0 saturated heterocycles. The van der Waals surface area contributed by atoms with Gasteiger partial charge in [-0.25, -0.2) is 0 Å². The monoisotopic (exact) mass is 171 g/mol. The Morgan fingerprint density at radius 1 is 1.45 bits per heavy atom. The molecule has 2 heteroatoms. The Kier molecular flexibility index (Phi) is 3.01. The first kappa shape index (κ1) is 8.66. The van der Waals surface area contributed by atoms with Gasteiger partial charge in [-0.15, -0.1) is 0 Å². The Labute approximate surface area is 73.4 Å². The van der Waals surface area contributed by atoms with Crippen molar-refractivity contribution in [2.75, 3.05) is 6.54 Å². The van der Waals surface area contributed by atoms with Crippen molar-refractivity contribution in [2.24, 2.45) is 0 Å². The summed E-state index contributed by atoms with van der Waals surface area (Å²) in [6.07, 6.45) is 6.38. The van der Waals surface area contributed by atoms with Crippen molar-refractivity contribution in [1.29, 1.82) is 0 Å². The molecule has 1 aliphatic heterocycles. The second kappa shape index (κ2) is 3.82. The lowest BCUT2D eigenvalue weighted by Gasteiger charge is -2.22. The predicted octanol–water partition coefficient (Wildman–Crippen LogP) is 3.09. The van der Waals surface area contributed by atoms with E-state index in [-0.39, 0.29) is 0 Å². The SMILES string of the molecule is CCC1=C(CC)N(Cl)CC=C1. The Hall–Kier alpha value is -0.430. The highest BCUT2D eigenvalue weighted by Crippen LogP contribution is 2.23. The molecule has 1 heterocycles. The van der Waals surface area contributed by atoms with Crippen molar-refractivity contribution in [3.05, 3.63) is 23.4 Å². The van der Waals surface area contributed by atoms with Gasteiger partial charge in [0.1, 0.15) is 0 Å². The maximum atomic E-state index is 5.98. The van der Waals surface area contributed by atoms with Gasteiger partial charge in [-0.05, 0) is 18.4 Å². The van der Waals surface area contributed by atoms with Crippen LogP contribution in [0.4, 0.5) is 0 Å². The first-order valence-electron chi connectivity index (χ1n) is 4.11. The number of halogens is 1. The molecule has 0 aliphatic carbocycles. The minimum Gasteiger partial charge on any atom is -0.285 e. The number of nitrogens with zero attached hydrogens (tertiary/aromatic N) is 1. The third-order valence-corrected chi connectivity index (χ3v) is 2.31. The van der Waals surface area contributed by atoms with E-state index in [4.69, 9.17) is 11.8 Å². The van der Waals surface area contributed by atoms with E-state index in [2.05, 4.69) is 26.0 Å². The van der Waals surface area contributed by atoms with Crippen LogP contribution in [0.5, 0.6) is 0 Å². The van der Waals surface area contributed by atoms with E-state index < -0.39 is 0 Å². The molecule has 62 valence electrons. The average molecular weight is 172 g/mol. The van der Waals surface area contributed by atoms with E-state index in [0.29, 0.717) is 0 Å². The number of allylic oxidation sites excluding steroid dienone is 3. The van der Waals surface area contributed by atoms with Crippen LogP contribution in [0.15, 0.2) is 23.4 Å². The van der Waals surface area contributed by atoms with Crippen LogP contribution in [-0.4, -0.2) is 11.0 Å². The normalized spacial score (nSPS) is 17.9. The van der Waals surface area contributed by atoms with Crippen LogP contribution in [0, 0.1) is 0 Å². The van der Waals surface area contributed by atoms with Crippen molar-refractivity contribution in [1.82, 2.24) is 4.42 Å². The van der Waals surface area contributed by atoms with Gasteiger partial charge in [-0.3, -0.25) is 4.42 Å². The lowest BCUT2D eigenvalue weighted by molar-refractivity contribution is 0.573. The highest BCUT2D eigenvalue weighted by molar-refractivity contribution is 6.14. The van der Waals surface area contributed by atoms with Crippen LogP contribution in [-0.2, 0) is 0 Å². The lowest BCUT2D eigenvalue weighted by atomic mass is 10.1. The molecule has 1 nitrogen and oxygen atoms in total. The fourth-order valence-corrected chi connectivity index (χ4v) is 1.68. The van der Waals surface area contributed by atoms with E-state index >= 15 is 0 Å². The van der Waals surface area contributed by atoms with Gasteiger partial charge in [0.2, 0.25) is 0 Å². The molecule has 11 heavy (non-hydrogen) atoms. The molecule has 0 radical (unpaired) electrons. The second-order valence-corrected chi connectivity index (χ2v) is 3.03. The summed E-state index contributed by atoms with van der Waals surface area (Å²) in [6, 6.07) is 0. The fourth-order valence-electron chi connectivity index (χ4n) is 1.37. The minimum atomic E-state index is 0.841. The Balaban J connectivity index is 2.86. The van der Waals surface area contributed by atoms with E-state index in [1.165, 1.54) is 11.3 Å². The highest BCUT2D eigenvalue weighted by Gasteiger charge is 2.10. The molecule has 0 atom stereocenters. The number of hydrogen-bond acceptors (Lipinski definition) is 1. The highest BCUT2D eigenvalue weighted by atomic mass is 35.5. The Morgan fingerprint density at radius 2 is 2.18 bits per heavy atom. The Morgan fingerprint density at radius 3 is 2.64 bits per heavy atom. The first-order valence-corrected chi connectivity index (χ1v) is 4.45. The molecule has 1 aliphatic rings. The summed E-state index contributed by atoms with van der Waals surface area (Å²) in [6.45, 7) is 5.14. The minimum absolute atomic E-state index is 0.841. The average Bonchev–Trinajstić information content (AvgIpc) is 2.04. The van der Waals surface area contributed by atoms with Crippen LogP contribution in [0.25, 0.3) is 0 Å². The van der Waals surface area contributed by atoms with Gasteiger partial charge in [0.25, 0.3) is 0 Å². The van der Waals surface area contributed by atoms with Crippen molar-refractivity contribution in [3.63, 3.8) is 0 Å². The van der Waals surface area contributed by atoms with Gasteiger partial charge in [0, 0.05) is 17.5 Å². The Bertz CT molecular complexity index is 194. The summed E-state index contributed by atoms with van der Waals surface area (Å²) in [7, 11) is 0. The molecule has 0 aromatic heterocycles. The first-order chi connectivity index (χ1) is 5.29. The standard InChI is InChI=1S/C9H14ClN/c1-3-8-6-5-7-11(10)9(8)4-2/h5-6H,3-4,7H2,1-2H3. The molecule has 0 bridgehead atoms. The van der Waals surface area contributed by atoms with Gasteiger partial charge < -0.3 is 0 Å². The molecule has 0 amide bonds. The topological polar surface area (TPSA) is 3.24 Å². The van der Waals surface area contributed by atoms with Crippen molar-refractivity contribution in [3.8, 4) is 0 Å². The number of hydrogen-bond donors (Lipinski definition) is 0. The van der Waals surface area contributed by atoms with Crippen molar-refractivity contribution in [2.45, 2.75) is 26.7 Å². The van der Waals surface area contributed by atoms with Crippen LogP contribution in [0.3, 0.4) is 0 Å². The van der Waals surface area contributed by atoms with Crippen LogP contribution < -0.4 is 0 Å². The molecule has 0 aromatic rings. The summed E-state index contributed by atoms with van der Waals surface area (Å²) < 4.78 is 1.80. The third kappa shape index (κ3) is 1.78. The molecule has 0 fully saturated rings. The summed E-state index contributed by atoms with van der Waals surface area (Å²) in [5.41, 5.74) is 2.64. The maximum absolute atomic E-state index is 5.98. The van der Waals surface area contributed by atoms with Gasteiger partial charge >= 0.3 is 0 Å². The van der Waals surface area contributed by atoms with Crippen LogP contribution in [0.2, 0.25) is 0 Å². The summed E-state index contributed by atoms with van der Waals surface area (Å²) >= 11 is 5.98. The molecule has 0 saturated carbocycles. The van der Waals surface area contributed by atoms with E-state index in [1.54, 1.807) is 4.42 Å². The summed E-state index contributed by atoms with van der Waals surface area (Å²) in [5.74, 6) is 0. The third-order valence-electron chi connectivity index (χ3n) is 1.96. The molecular weight excluding hydrogens is 158 g/mol. The smallest absolute Gasteiger partial charge is 0.0529 e. The number of rotatable bonds is 2. The zero-order chi connectivity index (χ0) is 8.27. The van der Waals surface area contributed by atoms with E-state index in [0.717, 1.165) is 19.4 Å². The van der Waals surface area contributed by atoms with Crippen LogP contribution in [0.1, 0.15) is 26.7 Å². The van der Waals surface area contributed by atoms with Crippen molar-refractivity contribution < 1.29 is 0 Å². The van der Waals surface area contributed by atoms with Crippen LogP contribution >= 0.6 is 11.8 Å². The molecular formula is C9H14ClN. The predicted molar refractivity (Wildman–Crippen MR) is 49.3 cm³/mol. The second-order valence-electron chi connectivity index (χ2n) is 2.63. The van der Waals surface area contributed by atoms with E-state index in [1.807, 2.05) is 0 Å². The quantitative estimate of drug-likeness (QED) is 0.578. The van der Waals surface area contributed by atoms with Gasteiger partial charge in [-0.2, -0.15) is 0 Å². The van der Waals surface area contributed by atoms with Gasteiger partial charge in [-0.1, -0.05) is 26.0 Å². The molecule has 1 rings (SSSR count). The zero-order valence-corrected chi connectivity index (χ0v) is 7.86. The van der Waals surface area contributed by atoms with Gasteiger partial charge in [0.05, 0.1) is 6.54 Å². The van der Waals surface area contributed by atoms with Crippen molar-refractivity contribution >= 4 is 11.8 Å². The molecule has 0 spiro atoms. The van der Waals surface area contributed by atoms with E-state index in [9.17, 15) is 0 Å². The largest absolute Gasteiger partial charge is 0.285 e. The zero-order valence-electron chi connectivity index (χ0n) is 7.10. The lowest BCUT2D eigenvalue weighted by Crippen LogP contribution is -2.16. The maximum Gasteiger partial charge on any atom is 0.0529 e. The summed E-state index contributed by atoms with van der Waals surface area (Å²) in [4.78, 5) is 0. The molecule has 0 N–H and O–H groups in total. The van der Waals surface area contributed by atoms with Gasteiger partial charge in [0.15, 0.2) is 0 Å². The molecule has 0 aromatic carbocycles. The summed E-state index contributed by atoms with van der Waals surface area (Å²) in [5, 5.41) is 0. The molecule has 0 unspecified atom stereocenters. The fraction of sp³-hybridized carbons (Fsp3) is 0.556.